The minimum Gasteiger partial charge on any atom is -0.744 e. The van der Waals surface area contributed by atoms with Crippen molar-refractivity contribution in [2.24, 2.45) is 30.7 Å². The van der Waals surface area contributed by atoms with Crippen LogP contribution in [0, 0.1) is 20.2 Å². The van der Waals surface area contributed by atoms with E-state index in [0.717, 1.165) is 42.5 Å². The monoisotopic (exact) mass is 798 g/mol. The van der Waals surface area contributed by atoms with Crippen LogP contribution in [0.5, 0.6) is 23.0 Å². The zero-order chi connectivity index (χ0) is 38.1. The quantitative estimate of drug-likeness (QED) is 0.0493. The van der Waals surface area contributed by atoms with Crippen LogP contribution in [0.2, 0.25) is 0 Å². The predicted molar refractivity (Wildman–Crippen MR) is 172 cm³/mol. The van der Waals surface area contributed by atoms with Gasteiger partial charge in [0.2, 0.25) is 0 Å². The van der Waals surface area contributed by atoms with E-state index in [9.17, 15) is 66.6 Å². The van der Waals surface area contributed by atoms with Crippen molar-refractivity contribution in [2.45, 2.75) is 9.79 Å². The summed E-state index contributed by atoms with van der Waals surface area (Å²) in [5.74, 6) is -3.36. The summed E-state index contributed by atoms with van der Waals surface area (Å²) >= 11 is 0. The Morgan fingerprint density at radius 2 is 1.09 bits per heavy atom. The van der Waals surface area contributed by atoms with Crippen molar-refractivity contribution in [1.82, 2.24) is 0 Å². The van der Waals surface area contributed by atoms with Gasteiger partial charge in [-0.3, -0.25) is 20.2 Å². The van der Waals surface area contributed by atoms with E-state index in [1.807, 2.05) is 0 Å². The molecule has 0 unspecified atom stereocenters. The molecule has 0 aromatic heterocycles. The normalized spacial score (nSPS) is 11.9. The molecule has 0 fully saturated rings. The van der Waals surface area contributed by atoms with E-state index in [4.69, 9.17) is 0 Å². The number of nitrogens with zero attached hydrogens (tertiary/aromatic N) is 8. The SMILES string of the molecule is O=[N+]([O-])c1ccc(N=Nc2c(O)ccc(N=Nc3cc(S(=O)(=O)[O-])cc4cc(S(=O)(=O)[O-])c(N=Nc5cc([N+](=O)[O-])ccc5O)c(O)c34)c2O)cc1.[Na+].[Na+]. The maximum absolute atomic E-state index is 12.2. The van der Waals surface area contributed by atoms with E-state index >= 15 is 0 Å². The molecule has 0 saturated carbocycles. The second kappa shape index (κ2) is 17.0. The summed E-state index contributed by atoms with van der Waals surface area (Å²) < 4.78 is 72.6. The number of hydrogen-bond donors (Lipinski definition) is 4. The molecule has 0 aliphatic rings. The van der Waals surface area contributed by atoms with Crippen molar-refractivity contribution in [3.05, 3.63) is 93.0 Å². The van der Waals surface area contributed by atoms with Crippen LogP contribution < -0.4 is 59.1 Å². The molecule has 5 rings (SSSR count). The Morgan fingerprint density at radius 3 is 1.69 bits per heavy atom. The summed E-state index contributed by atoms with van der Waals surface area (Å²) in [5.41, 5.74) is -4.17. The first-order valence-corrected chi connectivity index (χ1v) is 16.4. The molecular weight excluding hydrogens is 782 g/mol. The molecule has 4 N–H and O–H groups in total. The maximum Gasteiger partial charge on any atom is 1.00 e. The molecule has 0 spiro atoms. The van der Waals surface area contributed by atoms with Crippen molar-refractivity contribution in [2.75, 3.05) is 0 Å². The van der Waals surface area contributed by atoms with E-state index in [2.05, 4.69) is 30.7 Å². The van der Waals surface area contributed by atoms with Crippen molar-refractivity contribution < 1.29 is 115 Å². The van der Waals surface area contributed by atoms with Gasteiger partial charge in [-0.1, -0.05) is 0 Å². The number of azo groups is 3. The van der Waals surface area contributed by atoms with Gasteiger partial charge in [-0.05, 0) is 53.9 Å². The number of aromatic hydroxyl groups is 4. The number of hydrogen-bond acceptors (Lipinski definition) is 20. The molecule has 0 atom stereocenters. The summed E-state index contributed by atoms with van der Waals surface area (Å²) in [7, 11) is -10.9. The predicted octanol–water partition coefficient (Wildman–Crippen LogP) is 0.541. The molecule has 0 heterocycles. The van der Waals surface area contributed by atoms with Crippen LogP contribution in [0.4, 0.5) is 45.5 Å². The van der Waals surface area contributed by atoms with Crippen molar-refractivity contribution in [3.8, 4) is 23.0 Å². The standard InChI is InChI=1S/C28H18N8O14S2.2Na/c37-21-7-5-16(36(43)44)11-19(21)31-34-26-23(52(48,49)50)10-13-9-17(51(45,46)47)12-20(24(13)28(26)40)32-30-18-6-8-22(38)25(27(18)39)33-29-14-1-3-15(4-2-14)35(41)42;;/h1-12,37-40H,(H,45,46,47)(H,48,49,50);;/q;2*+1/p-2. The molecule has 5 aromatic carbocycles. The number of fused-ring (bicyclic) bond motifs is 1. The average Bonchev–Trinajstić information content (AvgIpc) is 3.06. The number of rotatable bonds is 10. The molecule has 0 saturated heterocycles. The van der Waals surface area contributed by atoms with Crippen LogP contribution in [0.15, 0.2) is 113 Å². The minimum absolute atomic E-state index is 0. The smallest absolute Gasteiger partial charge is 0.744 e. The molecule has 22 nitrogen and oxygen atoms in total. The van der Waals surface area contributed by atoms with Gasteiger partial charge in [-0.15, -0.1) is 25.6 Å². The Hall–Kier alpha value is -5.02. The van der Waals surface area contributed by atoms with Gasteiger partial charge in [-0.25, -0.2) is 16.8 Å². The van der Waals surface area contributed by atoms with E-state index in [0.29, 0.717) is 18.2 Å². The molecule has 54 heavy (non-hydrogen) atoms. The fraction of sp³-hybridized carbons (Fsp3) is 0. The van der Waals surface area contributed by atoms with Gasteiger partial charge in [0, 0.05) is 24.3 Å². The fourth-order valence-electron chi connectivity index (χ4n) is 4.35. The van der Waals surface area contributed by atoms with Crippen molar-refractivity contribution in [1.29, 1.82) is 0 Å². The summed E-state index contributed by atoms with van der Waals surface area (Å²) in [6.07, 6.45) is 0. The van der Waals surface area contributed by atoms with Crippen molar-refractivity contribution in [3.63, 3.8) is 0 Å². The van der Waals surface area contributed by atoms with Crippen LogP contribution >= 0.6 is 0 Å². The van der Waals surface area contributed by atoms with Gasteiger partial charge in [0.05, 0.1) is 36.4 Å². The zero-order valence-corrected chi connectivity index (χ0v) is 32.8. The first-order chi connectivity index (χ1) is 24.3. The second-order valence-electron chi connectivity index (χ2n) is 10.1. The first kappa shape index (κ1) is 43.4. The third-order valence-corrected chi connectivity index (χ3v) is 8.45. The van der Waals surface area contributed by atoms with Gasteiger partial charge in [-0.2, -0.15) is 5.11 Å². The Morgan fingerprint density at radius 1 is 0.537 bits per heavy atom. The second-order valence-corrected chi connectivity index (χ2v) is 12.9. The number of nitro groups is 2. The minimum atomic E-state index is -5.57. The average molecular weight is 799 g/mol. The largest absolute Gasteiger partial charge is 1.00 e. The Labute approximate surface area is 345 Å². The molecule has 0 amide bonds. The maximum atomic E-state index is 12.2. The van der Waals surface area contributed by atoms with Crippen LogP contribution in [0.1, 0.15) is 0 Å². The topological polar surface area (TPSA) is 356 Å². The number of non-ortho nitro benzene ring substituents is 2. The Kier molecular flexibility index (Phi) is 13.6. The van der Waals surface area contributed by atoms with Gasteiger partial charge < -0.3 is 29.5 Å². The third kappa shape index (κ3) is 9.55. The Bertz CT molecular complexity index is 2640. The van der Waals surface area contributed by atoms with Crippen LogP contribution in [0.25, 0.3) is 10.8 Å². The first-order valence-electron chi connectivity index (χ1n) is 13.6. The van der Waals surface area contributed by atoms with Crippen LogP contribution in [-0.2, 0) is 20.2 Å². The van der Waals surface area contributed by atoms with E-state index in [1.165, 1.54) is 12.1 Å². The summed E-state index contributed by atoms with van der Waals surface area (Å²) in [6, 6.07) is 10.9. The van der Waals surface area contributed by atoms with Gasteiger partial charge >= 0.3 is 59.1 Å². The summed E-state index contributed by atoms with van der Waals surface area (Å²) in [6.45, 7) is 0. The molecule has 0 aliphatic carbocycles. The van der Waals surface area contributed by atoms with Gasteiger partial charge in [0.1, 0.15) is 48.8 Å². The molecule has 5 aromatic rings. The van der Waals surface area contributed by atoms with E-state index < -0.39 is 108 Å². The molecule has 0 radical (unpaired) electrons. The Balaban J connectivity index is 0.00000392. The molecule has 0 bridgehead atoms. The number of phenols is 4. The van der Waals surface area contributed by atoms with Crippen molar-refractivity contribution >= 4 is 76.5 Å². The molecule has 266 valence electrons. The zero-order valence-electron chi connectivity index (χ0n) is 27.2. The summed E-state index contributed by atoms with van der Waals surface area (Å²) in [4.78, 5) is 18.2. The van der Waals surface area contributed by atoms with Gasteiger partial charge in [0.15, 0.2) is 17.2 Å². The van der Waals surface area contributed by atoms with Crippen LogP contribution in [-0.4, -0.2) is 56.2 Å². The fourth-order valence-corrected chi connectivity index (χ4v) is 5.53. The van der Waals surface area contributed by atoms with Crippen LogP contribution in [0.3, 0.4) is 0 Å². The number of nitro benzene ring substituents is 2. The third-order valence-electron chi connectivity index (χ3n) is 6.79. The number of phenolic OH excluding ortho intramolecular Hbond substituents is 4. The van der Waals surface area contributed by atoms with E-state index in [1.54, 1.807) is 0 Å². The number of benzene rings is 5. The van der Waals surface area contributed by atoms with E-state index in [-0.39, 0.29) is 70.5 Å². The molecule has 26 heteroatoms. The molecular formula is C28H16N8Na2O14S2. The van der Waals surface area contributed by atoms with Gasteiger partial charge in [0.25, 0.3) is 11.4 Å². The summed E-state index contributed by atoms with van der Waals surface area (Å²) in [5, 5.41) is 85.3. The molecule has 0 aliphatic heterocycles.